The summed E-state index contributed by atoms with van der Waals surface area (Å²) in [6, 6.07) is 2.07. The molecule has 0 unspecified atom stereocenters. The first-order valence-electron chi connectivity index (χ1n) is 7.03. The van der Waals surface area contributed by atoms with Crippen LogP contribution in [0.3, 0.4) is 0 Å². The fraction of sp³-hybridized carbons (Fsp3) is 0.500. The fourth-order valence-electron chi connectivity index (χ4n) is 2.67. The van der Waals surface area contributed by atoms with Gasteiger partial charge in [-0.15, -0.1) is 10.2 Å². The van der Waals surface area contributed by atoms with Crippen LogP contribution in [-0.2, 0) is 6.54 Å². The first-order chi connectivity index (χ1) is 10.1. The quantitative estimate of drug-likeness (QED) is 0.833. The summed E-state index contributed by atoms with van der Waals surface area (Å²) >= 11 is 0. The van der Waals surface area contributed by atoms with E-state index < -0.39 is 0 Å². The van der Waals surface area contributed by atoms with Crippen molar-refractivity contribution >= 4 is 5.82 Å². The summed E-state index contributed by atoms with van der Waals surface area (Å²) < 4.78 is 2.20. The summed E-state index contributed by atoms with van der Waals surface area (Å²) in [6.07, 6.45) is 3.14. The molecule has 0 saturated heterocycles. The SMILES string of the molecule is CC(C)c1nnc2n1CCN(c1cnc(C#N)cn1)[C@@H]2C. The van der Waals surface area contributed by atoms with E-state index in [0.717, 1.165) is 30.6 Å². The molecule has 1 aliphatic heterocycles. The van der Waals surface area contributed by atoms with E-state index in [1.165, 1.54) is 6.20 Å². The molecular formula is C14H17N7. The highest BCUT2D eigenvalue weighted by molar-refractivity contribution is 5.40. The van der Waals surface area contributed by atoms with Crippen molar-refractivity contribution in [3.63, 3.8) is 0 Å². The molecule has 7 heteroatoms. The van der Waals surface area contributed by atoms with Crippen LogP contribution in [0, 0.1) is 11.3 Å². The number of fused-ring (bicyclic) bond motifs is 1. The third kappa shape index (κ3) is 2.23. The molecule has 7 nitrogen and oxygen atoms in total. The van der Waals surface area contributed by atoms with Gasteiger partial charge in [-0.1, -0.05) is 13.8 Å². The Morgan fingerprint density at radius 2 is 2.05 bits per heavy atom. The Hall–Kier alpha value is -2.49. The molecule has 0 amide bonds. The number of anilines is 1. The Morgan fingerprint density at radius 3 is 2.67 bits per heavy atom. The maximum Gasteiger partial charge on any atom is 0.158 e. The van der Waals surface area contributed by atoms with Crippen LogP contribution in [0.25, 0.3) is 0 Å². The second kappa shape index (κ2) is 5.13. The van der Waals surface area contributed by atoms with E-state index in [4.69, 9.17) is 5.26 Å². The second-order valence-electron chi connectivity index (χ2n) is 5.46. The monoisotopic (exact) mass is 283 g/mol. The molecule has 108 valence electrons. The molecule has 21 heavy (non-hydrogen) atoms. The zero-order chi connectivity index (χ0) is 15.0. The minimum absolute atomic E-state index is 0.0842. The Labute approximate surface area is 123 Å². The number of nitrogens with zero attached hydrogens (tertiary/aromatic N) is 7. The van der Waals surface area contributed by atoms with Gasteiger partial charge in [0.05, 0.1) is 18.4 Å². The standard InChI is InChI=1S/C14H17N7/c1-9(2)13-18-19-14-10(3)20(4-5-21(13)14)12-8-16-11(6-15)7-17-12/h7-10H,4-5H2,1-3H3/t10-/m1/s1. The lowest BCUT2D eigenvalue weighted by Crippen LogP contribution is -2.38. The molecule has 1 aliphatic rings. The predicted molar refractivity (Wildman–Crippen MR) is 76.6 cm³/mol. The topological polar surface area (TPSA) is 83.5 Å². The largest absolute Gasteiger partial charge is 0.344 e. The van der Waals surface area contributed by atoms with Crippen molar-refractivity contribution in [2.75, 3.05) is 11.4 Å². The van der Waals surface area contributed by atoms with Crippen LogP contribution in [0.15, 0.2) is 12.4 Å². The first kappa shape index (κ1) is 13.5. The summed E-state index contributed by atoms with van der Waals surface area (Å²) in [5.41, 5.74) is 0.327. The fourth-order valence-corrected chi connectivity index (χ4v) is 2.67. The third-order valence-corrected chi connectivity index (χ3v) is 3.78. The molecule has 2 aromatic rings. The van der Waals surface area contributed by atoms with Gasteiger partial charge in [0.1, 0.15) is 17.7 Å². The van der Waals surface area contributed by atoms with Crippen molar-refractivity contribution in [2.24, 2.45) is 0 Å². The maximum absolute atomic E-state index is 8.79. The lowest BCUT2D eigenvalue weighted by atomic mass is 10.1. The van der Waals surface area contributed by atoms with Gasteiger partial charge in [-0.05, 0) is 6.92 Å². The summed E-state index contributed by atoms with van der Waals surface area (Å²) in [5.74, 6) is 3.11. The van der Waals surface area contributed by atoms with Crippen molar-refractivity contribution in [2.45, 2.75) is 39.3 Å². The first-order valence-corrected chi connectivity index (χ1v) is 7.03. The molecule has 2 aromatic heterocycles. The molecule has 0 saturated carbocycles. The van der Waals surface area contributed by atoms with Crippen LogP contribution >= 0.6 is 0 Å². The van der Waals surface area contributed by atoms with Crippen LogP contribution in [0.1, 0.15) is 50.1 Å². The van der Waals surface area contributed by atoms with Crippen LogP contribution < -0.4 is 4.90 Å². The highest BCUT2D eigenvalue weighted by atomic mass is 15.4. The second-order valence-corrected chi connectivity index (χ2v) is 5.46. The van der Waals surface area contributed by atoms with Gasteiger partial charge in [0, 0.05) is 19.0 Å². The average Bonchev–Trinajstić information content (AvgIpc) is 2.93. The van der Waals surface area contributed by atoms with Crippen LogP contribution in [0.4, 0.5) is 5.82 Å². The van der Waals surface area contributed by atoms with E-state index in [1.54, 1.807) is 6.20 Å². The van der Waals surface area contributed by atoms with Crippen LogP contribution in [-0.4, -0.2) is 31.3 Å². The Balaban J connectivity index is 1.91. The minimum Gasteiger partial charge on any atom is -0.344 e. The normalized spacial score (nSPS) is 17.7. The van der Waals surface area contributed by atoms with Crippen LogP contribution in [0.5, 0.6) is 0 Å². The van der Waals surface area contributed by atoms with Gasteiger partial charge in [-0.2, -0.15) is 5.26 Å². The van der Waals surface area contributed by atoms with E-state index in [0.29, 0.717) is 11.6 Å². The average molecular weight is 283 g/mol. The number of rotatable bonds is 2. The zero-order valence-electron chi connectivity index (χ0n) is 12.4. The molecule has 3 heterocycles. The molecule has 0 spiro atoms. The van der Waals surface area contributed by atoms with Crippen molar-refractivity contribution in [3.05, 3.63) is 29.7 Å². The molecular weight excluding hydrogens is 266 g/mol. The van der Waals surface area contributed by atoms with E-state index in [1.807, 2.05) is 6.07 Å². The maximum atomic E-state index is 8.79. The zero-order valence-corrected chi connectivity index (χ0v) is 12.4. The number of hydrogen-bond acceptors (Lipinski definition) is 6. The summed E-state index contributed by atoms with van der Waals surface area (Å²) in [5, 5.41) is 17.4. The Bertz CT molecular complexity index is 680. The number of hydrogen-bond donors (Lipinski definition) is 0. The molecule has 0 radical (unpaired) electrons. The predicted octanol–water partition coefficient (Wildman–Crippen LogP) is 1.64. The number of nitriles is 1. The van der Waals surface area contributed by atoms with Gasteiger partial charge >= 0.3 is 0 Å². The van der Waals surface area contributed by atoms with Gasteiger partial charge in [-0.25, -0.2) is 9.97 Å². The van der Waals surface area contributed by atoms with E-state index in [-0.39, 0.29) is 6.04 Å². The smallest absolute Gasteiger partial charge is 0.158 e. The van der Waals surface area contributed by atoms with Gasteiger partial charge in [-0.3, -0.25) is 0 Å². The molecule has 0 aliphatic carbocycles. The third-order valence-electron chi connectivity index (χ3n) is 3.78. The lowest BCUT2D eigenvalue weighted by Gasteiger charge is -2.34. The van der Waals surface area contributed by atoms with Crippen molar-refractivity contribution in [1.82, 2.24) is 24.7 Å². The van der Waals surface area contributed by atoms with E-state index in [2.05, 4.69) is 50.4 Å². The van der Waals surface area contributed by atoms with Crippen molar-refractivity contribution in [3.8, 4) is 6.07 Å². The molecule has 3 rings (SSSR count). The Kier molecular flexibility index (Phi) is 3.29. The molecule has 0 bridgehead atoms. The minimum atomic E-state index is 0.0842. The van der Waals surface area contributed by atoms with E-state index >= 15 is 0 Å². The van der Waals surface area contributed by atoms with E-state index in [9.17, 15) is 0 Å². The highest BCUT2D eigenvalue weighted by Crippen LogP contribution is 2.29. The van der Waals surface area contributed by atoms with Gasteiger partial charge < -0.3 is 9.47 Å². The van der Waals surface area contributed by atoms with Gasteiger partial charge in [0.2, 0.25) is 0 Å². The van der Waals surface area contributed by atoms with Crippen molar-refractivity contribution < 1.29 is 0 Å². The molecule has 1 atom stereocenters. The summed E-state index contributed by atoms with van der Waals surface area (Å²) in [7, 11) is 0. The molecule has 0 fully saturated rings. The van der Waals surface area contributed by atoms with Crippen LogP contribution in [0.2, 0.25) is 0 Å². The summed E-state index contributed by atoms with van der Waals surface area (Å²) in [4.78, 5) is 10.6. The molecule has 0 N–H and O–H groups in total. The highest BCUT2D eigenvalue weighted by Gasteiger charge is 2.29. The van der Waals surface area contributed by atoms with Crippen molar-refractivity contribution in [1.29, 1.82) is 5.26 Å². The summed E-state index contributed by atoms with van der Waals surface area (Å²) in [6.45, 7) is 8.00. The number of aromatic nitrogens is 5. The van der Waals surface area contributed by atoms with Gasteiger partial charge in [0.15, 0.2) is 11.5 Å². The lowest BCUT2D eigenvalue weighted by molar-refractivity contribution is 0.476. The Morgan fingerprint density at radius 1 is 1.24 bits per heavy atom. The molecule has 0 aromatic carbocycles. The van der Waals surface area contributed by atoms with Gasteiger partial charge in [0.25, 0.3) is 0 Å².